The van der Waals surface area contributed by atoms with Gasteiger partial charge in [0.15, 0.2) is 0 Å². The summed E-state index contributed by atoms with van der Waals surface area (Å²) in [7, 11) is 0. The van der Waals surface area contributed by atoms with E-state index < -0.39 is 11.7 Å². The standard InChI is InChI=1S/C22H24F3N5O/c1-14-4-3-5-15(2)21(14)26-20(31)13-29-10-8-17(9-11-29)30-19-7-6-16(22(23,24)25)12-18(19)27-28-30/h3-7,12,17H,8-11,13H2,1-2H3,(H,26,31). The number of hydrogen-bond acceptors (Lipinski definition) is 4. The van der Waals surface area contributed by atoms with E-state index in [0.717, 1.165) is 41.8 Å². The lowest BCUT2D eigenvalue weighted by Gasteiger charge is -2.31. The number of likely N-dealkylation sites (tertiary alicyclic amines) is 1. The third kappa shape index (κ3) is 4.56. The Balaban J connectivity index is 1.37. The number of amides is 1. The lowest BCUT2D eigenvalue weighted by Crippen LogP contribution is -2.40. The summed E-state index contributed by atoms with van der Waals surface area (Å²) in [6, 6.07) is 9.47. The molecule has 1 N–H and O–H groups in total. The van der Waals surface area contributed by atoms with Crippen molar-refractivity contribution in [1.82, 2.24) is 19.9 Å². The highest BCUT2D eigenvalue weighted by Gasteiger charge is 2.31. The first-order valence-corrected chi connectivity index (χ1v) is 10.2. The molecule has 0 unspecified atom stereocenters. The van der Waals surface area contributed by atoms with Gasteiger partial charge in [-0.05, 0) is 56.0 Å². The summed E-state index contributed by atoms with van der Waals surface area (Å²) in [6.45, 7) is 5.63. The maximum absolute atomic E-state index is 12.9. The molecule has 3 aromatic rings. The quantitative estimate of drug-likeness (QED) is 0.668. The zero-order valence-electron chi connectivity index (χ0n) is 17.4. The number of rotatable bonds is 4. The predicted molar refractivity (Wildman–Crippen MR) is 112 cm³/mol. The molecule has 6 nitrogen and oxygen atoms in total. The van der Waals surface area contributed by atoms with Crippen LogP contribution in [0.15, 0.2) is 36.4 Å². The number of aryl methyl sites for hydroxylation is 2. The molecule has 0 bridgehead atoms. The summed E-state index contributed by atoms with van der Waals surface area (Å²) in [5.41, 5.74) is 3.02. The Kier molecular flexibility index (Phi) is 5.70. The van der Waals surface area contributed by atoms with Crippen LogP contribution in [0.4, 0.5) is 18.9 Å². The van der Waals surface area contributed by atoms with E-state index in [9.17, 15) is 18.0 Å². The summed E-state index contributed by atoms with van der Waals surface area (Å²) in [4.78, 5) is 14.6. The van der Waals surface area contributed by atoms with Crippen molar-refractivity contribution in [2.24, 2.45) is 0 Å². The van der Waals surface area contributed by atoms with Gasteiger partial charge in [-0.15, -0.1) is 5.10 Å². The van der Waals surface area contributed by atoms with E-state index in [-0.39, 0.29) is 17.5 Å². The molecule has 9 heteroatoms. The molecule has 0 spiro atoms. The van der Waals surface area contributed by atoms with Crippen LogP contribution in [0.3, 0.4) is 0 Å². The fourth-order valence-corrected chi connectivity index (χ4v) is 4.10. The number of piperidine rings is 1. The highest BCUT2D eigenvalue weighted by atomic mass is 19.4. The average Bonchev–Trinajstić information content (AvgIpc) is 3.14. The van der Waals surface area contributed by atoms with Gasteiger partial charge < -0.3 is 5.32 Å². The number of anilines is 1. The van der Waals surface area contributed by atoms with Crippen LogP contribution in [-0.4, -0.2) is 45.4 Å². The molecule has 1 aliphatic heterocycles. The average molecular weight is 431 g/mol. The van der Waals surface area contributed by atoms with E-state index >= 15 is 0 Å². The molecule has 2 aromatic carbocycles. The second kappa shape index (κ2) is 8.30. The lowest BCUT2D eigenvalue weighted by atomic mass is 10.0. The number of para-hydroxylation sites is 1. The van der Waals surface area contributed by atoms with Gasteiger partial charge in [-0.2, -0.15) is 13.2 Å². The smallest absolute Gasteiger partial charge is 0.324 e. The molecule has 0 radical (unpaired) electrons. The number of alkyl halides is 3. The fourth-order valence-electron chi connectivity index (χ4n) is 4.10. The van der Waals surface area contributed by atoms with Gasteiger partial charge in [0.05, 0.1) is 23.7 Å². The van der Waals surface area contributed by atoms with E-state index in [2.05, 4.69) is 20.5 Å². The normalized spacial score (nSPS) is 16.0. The molecule has 1 amide bonds. The van der Waals surface area contributed by atoms with Crippen molar-refractivity contribution >= 4 is 22.6 Å². The molecular weight excluding hydrogens is 407 g/mol. The van der Waals surface area contributed by atoms with Crippen molar-refractivity contribution in [2.45, 2.75) is 38.9 Å². The molecule has 0 aliphatic carbocycles. The van der Waals surface area contributed by atoms with Gasteiger partial charge in [0.2, 0.25) is 5.91 Å². The monoisotopic (exact) mass is 431 g/mol. The van der Waals surface area contributed by atoms with Gasteiger partial charge >= 0.3 is 6.18 Å². The molecule has 0 atom stereocenters. The van der Waals surface area contributed by atoms with Crippen molar-refractivity contribution in [2.75, 3.05) is 25.0 Å². The van der Waals surface area contributed by atoms with E-state index in [1.807, 2.05) is 32.0 Å². The number of hydrogen-bond donors (Lipinski definition) is 1. The number of carbonyl (C=O) groups excluding carboxylic acids is 1. The zero-order valence-corrected chi connectivity index (χ0v) is 17.4. The Bertz CT molecular complexity index is 1080. The topological polar surface area (TPSA) is 63.1 Å². The summed E-state index contributed by atoms with van der Waals surface area (Å²) < 4.78 is 40.5. The zero-order chi connectivity index (χ0) is 22.2. The van der Waals surface area contributed by atoms with E-state index in [1.54, 1.807) is 4.68 Å². The summed E-state index contributed by atoms with van der Waals surface area (Å²) >= 11 is 0. The highest BCUT2D eigenvalue weighted by Crippen LogP contribution is 2.32. The molecule has 1 aromatic heterocycles. The summed E-state index contributed by atoms with van der Waals surface area (Å²) in [5.74, 6) is -0.0539. The summed E-state index contributed by atoms with van der Waals surface area (Å²) in [5, 5.41) is 11.0. The van der Waals surface area contributed by atoms with Crippen LogP contribution < -0.4 is 5.32 Å². The van der Waals surface area contributed by atoms with Crippen LogP contribution in [-0.2, 0) is 11.0 Å². The van der Waals surface area contributed by atoms with Crippen LogP contribution in [0.25, 0.3) is 11.0 Å². The third-order valence-corrected chi connectivity index (χ3v) is 5.81. The molecule has 164 valence electrons. The van der Waals surface area contributed by atoms with Crippen LogP contribution in [0.2, 0.25) is 0 Å². The number of halogens is 3. The Morgan fingerprint density at radius 3 is 2.45 bits per heavy atom. The lowest BCUT2D eigenvalue weighted by molar-refractivity contribution is -0.137. The number of nitrogens with zero attached hydrogens (tertiary/aromatic N) is 4. The minimum atomic E-state index is -4.40. The second-order valence-corrected chi connectivity index (χ2v) is 8.06. The third-order valence-electron chi connectivity index (χ3n) is 5.81. The van der Waals surface area contributed by atoms with E-state index in [4.69, 9.17) is 0 Å². The van der Waals surface area contributed by atoms with Crippen molar-refractivity contribution in [1.29, 1.82) is 0 Å². The first-order chi connectivity index (χ1) is 14.7. The largest absolute Gasteiger partial charge is 0.416 e. The Morgan fingerprint density at radius 2 is 1.81 bits per heavy atom. The van der Waals surface area contributed by atoms with Crippen LogP contribution >= 0.6 is 0 Å². The Morgan fingerprint density at radius 1 is 1.13 bits per heavy atom. The molecule has 4 rings (SSSR count). The minimum absolute atomic E-state index is 0.0414. The maximum Gasteiger partial charge on any atom is 0.416 e. The molecular formula is C22H24F3N5O. The summed E-state index contributed by atoms with van der Waals surface area (Å²) in [6.07, 6.45) is -2.91. The number of carbonyl (C=O) groups is 1. The molecule has 2 heterocycles. The Labute approximate surface area is 178 Å². The van der Waals surface area contributed by atoms with Crippen molar-refractivity contribution < 1.29 is 18.0 Å². The number of aromatic nitrogens is 3. The Hall–Kier alpha value is -2.94. The molecule has 0 saturated carbocycles. The van der Waals surface area contributed by atoms with Crippen LogP contribution in [0.5, 0.6) is 0 Å². The van der Waals surface area contributed by atoms with E-state index in [0.29, 0.717) is 25.2 Å². The molecule has 31 heavy (non-hydrogen) atoms. The fraction of sp³-hybridized carbons (Fsp3) is 0.409. The van der Waals surface area contributed by atoms with Crippen molar-refractivity contribution in [3.8, 4) is 0 Å². The SMILES string of the molecule is Cc1cccc(C)c1NC(=O)CN1CCC(n2nnc3cc(C(F)(F)F)ccc32)CC1. The van der Waals surface area contributed by atoms with Crippen molar-refractivity contribution in [3.63, 3.8) is 0 Å². The van der Waals surface area contributed by atoms with Gasteiger partial charge in [0.25, 0.3) is 0 Å². The minimum Gasteiger partial charge on any atom is -0.324 e. The van der Waals surface area contributed by atoms with Gasteiger partial charge in [0, 0.05) is 18.8 Å². The van der Waals surface area contributed by atoms with Crippen molar-refractivity contribution in [3.05, 3.63) is 53.1 Å². The van der Waals surface area contributed by atoms with Gasteiger partial charge in [-0.25, -0.2) is 4.68 Å². The molecule has 1 aliphatic rings. The predicted octanol–water partition coefficient (Wildman–Crippen LogP) is 4.34. The van der Waals surface area contributed by atoms with Gasteiger partial charge in [-0.3, -0.25) is 9.69 Å². The number of nitrogens with one attached hydrogen (secondary N) is 1. The molecule has 1 fully saturated rings. The van der Waals surface area contributed by atoms with Gasteiger partial charge in [-0.1, -0.05) is 23.4 Å². The number of benzene rings is 2. The van der Waals surface area contributed by atoms with E-state index in [1.165, 1.54) is 6.07 Å². The molecule has 1 saturated heterocycles. The maximum atomic E-state index is 12.9. The second-order valence-electron chi connectivity index (χ2n) is 8.06. The highest BCUT2D eigenvalue weighted by molar-refractivity contribution is 5.93. The van der Waals surface area contributed by atoms with Gasteiger partial charge in [0.1, 0.15) is 5.52 Å². The van der Waals surface area contributed by atoms with Crippen LogP contribution in [0, 0.1) is 13.8 Å². The first-order valence-electron chi connectivity index (χ1n) is 10.2. The number of fused-ring (bicyclic) bond motifs is 1. The first kappa shape index (κ1) is 21.3. The van der Waals surface area contributed by atoms with Crippen LogP contribution in [0.1, 0.15) is 35.6 Å².